The molecule has 1 heterocycles. The molecule has 0 atom stereocenters. The Balaban J connectivity index is 1.04. The van der Waals surface area contributed by atoms with E-state index in [1.54, 1.807) is 0 Å². The second-order valence-electron chi connectivity index (χ2n) is 14.1. The van der Waals surface area contributed by atoms with E-state index in [0.717, 1.165) is 39.0 Å². The van der Waals surface area contributed by atoms with E-state index in [1.165, 1.54) is 65.3 Å². The average Bonchev–Trinajstić information content (AvgIpc) is 3.63. The normalized spacial score (nSPS) is 11.7. The molecule has 0 unspecified atom stereocenters. The van der Waals surface area contributed by atoms with Crippen molar-refractivity contribution in [3.8, 4) is 22.3 Å². The molecule has 54 heavy (non-hydrogen) atoms. The SMILES string of the molecule is c1ccc2c(-c3ccc(N(c4ccc(-c5ccc6ccc7c8ccccc8ccc7c6c5)cc4)c4cccc5c4oc4ccccc45)cc3)cccc2c1. The van der Waals surface area contributed by atoms with E-state index in [-0.39, 0.29) is 0 Å². The van der Waals surface area contributed by atoms with Crippen LogP contribution in [0.4, 0.5) is 17.1 Å². The summed E-state index contributed by atoms with van der Waals surface area (Å²) in [6.45, 7) is 0. The molecule has 0 amide bonds. The number of fused-ring (bicyclic) bond motifs is 9. The third-order valence-electron chi connectivity index (χ3n) is 11.1. The maximum absolute atomic E-state index is 6.60. The lowest BCUT2D eigenvalue weighted by Gasteiger charge is -2.26. The molecule has 11 aromatic rings. The van der Waals surface area contributed by atoms with Crippen molar-refractivity contribution < 1.29 is 4.42 Å². The Morgan fingerprint density at radius 2 is 0.852 bits per heavy atom. The van der Waals surface area contributed by atoms with Crippen molar-refractivity contribution >= 4 is 82.1 Å². The van der Waals surface area contributed by atoms with Gasteiger partial charge in [-0.3, -0.25) is 0 Å². The number of benzene rings is 10. The van der Waals surface area contributed by atoms with Crippen LogP contribution in [0.2, 0.25) is 0 Å². The molecule has 0 aliphatic heterocycles. The Kier molecular flexibility index (Phi) is 6.90. The highest BCUT2D eigenvalue weighted by Gasteiger charge is 2.20. The number of anilines is 3. The van der Waals surface area contributed by atoms with E-state index in [0.29, 0.717) is 0 Å². The van der Waals surface area contributed by atoms with Gasteiger partial charge in [-0.1, -0.05) is 158 Å². The first-order valence-corrected chi connectivity index (χ1v) is 18.5. The first-order valence-electron chi connectivity index (χ1n) is 18.5. The van der Waals surface area contributed by atoms with Gasteiger partial charge in [0.1, 0.15) is 5.58 Å². The van der Waals surface area contributed by atoms with Crippen LogP contribution in [0.5, 0.6) is 0 Å². The number of furan rings is 1. The first kappa shape index (κ1) is 30.5. The molecule has 252 valence electrons. The number of hydrogen-bond acceptors (Lipinski definition) is 2. The highest BCUT2D eigenvalue weighted by Crippen LogP contribution is 2.43. The largest absolute Gasteiger partial charge is 0.454 e. The maximum atomic E-state index is 6.60. The number of nitrogens with zero attached hydrogens (tertiary/aromatic N) is 1. The molecule has 2 heteroatoms. The van der Waals surface area contributed by atoms with Crippen molar-refractivity contribution in [2.45, 2.75) is 0 Å². The van der Waals surface area contributed by atoms with Gasteiger partial charge in [-0.05, 0) is 108 Å². The minimum atomic E-state index is 0.870. The van der Waals surface area contributed by atoms with Crippen molar-refractivity contribution in [3.05, 3.63) is 200 Å². The summed E-state index contributed by atoms with van der Waals surface area (Å²) in [7, 11) is 0. The van der Waals surface area contributed by atoms with Gasteiger partial charge in [-0.15, -0.1) is 0 Å². The summed E-state index contributed by atoms with van der Waals surface area (Å²) in [5.74, 6) is 0. The van der Waals surface area contributed by atoms with E-state index in [2.05, 4.69) is 193 Å². The molecule has 0 saturated heterocycles. The van der Waals surface area contributed by atoms with Crippen LogP contribution >= 0.6 is 0 Å². The standard InChI is InChI=1S/C52H33NO/c1-3-12-42-35(9-1)11-7-15-43(42)37-23-29-41(30-24-37)53(50-17-8-16-48-47-14-5-6-18-51(47)54-52(48)50)40-27-21-34(22-28-40)39-20-19-38-26-31-45-44-13-4-2-10-36(44)25-32-46(45)49(38)33-39/h1-33H. The zero-order chi connectivity index (χ0) is 35.6. The van der Waals surface area contributed by atoms with Crippen LogP contribution in [0, 0.1) is 0 Å². The smallest absolute Gasteiger partial charge is 0.159 e. The van der Waals surface area contributed by atoms with Gasteiger partial charge in [0, 0.05) is 22.1 Å². The Labute approximate surface area is 312 Å². The van der Waals surface area contributed by atoms with E-state index in [4.69, 9.17) is 4.42 Å². The molecule has 11 rings (SSSR count). The second kappa shape index (κ2) is 12.2. The van der Waals surface area contributed by atoms with Crippen LogP contribution in [-0.2, 0) is 0 Å². The van der Waals surface area contributed by atoms with Crippen LogP contribution < -0.4 is 4.90 Å². The Morgan fingerprint density at radius 1 is 0.315 bits per heavy atom. The molecule has 0 N–H and O–H groups in total. The summed E-state index contributed by atoms with van der Waals surface area (Å²) in [5.41, 5.74) is 9.65. The fraction of sp³-hybridized carbons (Fsp3) is 0. The van der Waals surface area contributed by atoms with Gasteiger partial charge in [0.05, 0.1) is 5.69 Å². The van der Waals surface area contributed by atoms with Crippen LogP contribution in [-0.4, -0.2) is 0 Å². The molecular formula is C52H33NO. The zero-order valence-electron chi connectivity index (χ0n) is 29.4. The Bertz CT molecular complexity index is 3200. The molecule has 0 spiro atoms. The van der Waals surface area contributed by atoms with Gasteiger partial charge in [-0.2, -0.15) is 0 Å². The van der Waals surface area contributed by atoms with Crippen molar-refractivity contribution in [2.75, 3.05) is 4.90 Å². The van der Waals surface area contributed by atoms with Gasteiger partial charge < -0.3 is 9.32 Å². The number of para-hydroxylation sites is 2. The number of hydrogen-bond donors (Lipinski definition) is 0. The quantitative estimate of drug-likeness (QED) is 0.168. The highest BCUT2D eigenvalue weighted by molar-refractivity contribution is 6.18. The fourth-order valence-electron chi connectivity index (χ4n) is 8.40. The third kappa shape index (κ3) is 4.88. The Morgan fingerprint density at radius 3 is 1.63 bits per heavy atom. The predicted molar refractivity (Wildman–Crippen MR) is 229 cm³/mol. The summed E-state index contributed by atoms with van der Waals surface area (Å²) in [4.78, 5) is 2.32. The zero-order valence-corrected chi connectivity index (χ0v) is 29.4. The first-order chi connectivity index (χ1) is 26.8. The van der Waals surface area contributed by atoms with Crippen molar-refractivity contribution in [3.63, 3.8) is 0 Å². The van der Waals surface area contributed by atoms with Gasteiger partial charge in [0.15, 0.2) is 5.58 Å². The van der Waals surface area contributed by atoms with Gasteiger partial charge in [0.25, 0.3) is 0 Å². The summed E-state index contributed by atoms with van der Waals surface area (Å²) >= 11 is 0. The van der Waals surface area contributed by atoms with Crippen LogP contribution in [0.15, 0.2) is 205 Å². The van der Waals surface area contributed by atoms with Crippen molar-refractivity contribution in [1.29, 1.82) is 0 Å². The van der Waals surface area contributed by atoms with Gasteiger partial charge in [-0.25, -0.2) is 0 Å². The lowest BCUT2D eigenvalue weighted by atomic mass is 9.94. The average molecular weight is 688 g/mol. The fourth-order valence-corrected chi connectivity index (χ4v) is 8.40. The minimum Gasteiger partial charge on any atom is -0.454 e. The molecule has 0 aliphatic rings. The summed E-state index contributed by atoms with van der Waals surface area (Å²) in [6.07, 6.45) is 0. The van der Waals surface area contributed by atoms with Crippen LogP contribution in [0.25, 0.3) is 87.3 Å². The van der Waals surface area contributed by atoms with E-state index in [9.17, 15) is 0 Å². The minimum absolute atomic E-state index is 0.870. The molecule has 10 aromatic carbocycles. The molecule has 0 fully saturated rings. The van der Waals surface area contributed by atoms with Gasteiger partial charge >= 0.3 is 0 Å². The van der Waals surface area contributed by atoms with E-state index in [1.807, 2.05) is 12.1 Å². The highest BCUT2D eigenvalue weighted by atomic mass is 16.3. The van der Waals surface area contributed by atoms with Crippen LogP contribution in [0.3, 0.4) is 0 Å². The Hall–Kier alpha value is -7.16. The maximum Gasteiger partial charge on any atom is 0.159 e. The summed E-state index contributed by atoms with van der Waals surface area (Å²) in [5, 5.41) is 12.4. The monoisotopic (exact) mass is 687 g/mol. The summed E-state index contributed by atoms with van der Waals surface area (Å²) in [6, 6.07) is 72.2. The lowest BCUT2D eigenvalue weighted by molar-refractivity contribution is 0.669. The van der Waals surface area contributed by atoms with Crippen LogP contribution in [0.1, 0.15) is 0 Å². The van der Waals surface area contributed by atoms with Gasteiger partial charge in [0.2, 0.25) is 0 Å². The van der Waals surface area contributed by atoms with Crippen molar-refractivity contribution in [1.82, 2.24) is 0 Å². The number of rotatable bonds is 5. The second-order valence-corrected chi connectivity index (χ2v) is 14.1. The van der Waals surface area contributed by atoms with E-state index < -0.39 is 0 Å². The van der Waals surface area contributed by atoms with E-state index >= 15 is 0 Å². The summed E-state index contributed by atoms with van der Waals surface area (Å²) < 4.78 is 6.60. The molecule has 2 nitrogen and oxygen atoms in total. The molecule has 0 radical (unpaired) electrons. The van der Waals surface area contributed by atoms with Crippen molar-refractivity contribution in [2.24, 2.45) is 0 Å². The third-order valence-corrected chi connectivity index (χ3v) is 11.1. The molecule has 1 aromatic heterocycles. The molecule has 0 aliphatic carbocycles. The molecule has 0 saturated carbocycles. The predicted octanol–water partition coefficient (Wildman–Crippen LogP) is 15.0. The molecule has 0 bridgehead atoms. The lowest BCUT2D eigenvalue weighted by Crippen LogP contribution is -2.10. The topological polar surface area (TPSA) is 16.4 Å². The molecular weight excluding hydrogens is 655 g/mol.